The Kier molecular flexibility index (Phi) is 3.66. The van der Waals surface area contributed by atoms with Gasteiger partial charge in [0.2, 0.25) is 17.5 Å². The van der Waals surface area contributed by atoms with Gasteiger partial charge in [0.1, 0.15) is 0 Å². The molecule has 0 saturated heterocycles. The second-order valence-electron chi connectivity index (χ2n) is 4.45. The van der Waals surface area contributed by atoms with Crippen LogP contribution in [-0.2, 0) is 0 Å². The van der Waals surface area contributed by atoms with Crippen LogP contribution in [0.15, 0.2) is 16.9 Å². The van der Waals surface area contributed by atoms with Crippen molar-refractivity contribution in [3.05, 3.63) is 23.8 Å². The summed E-state index contributed by atoms with van der Waals surface area (Å²) in [6.07, 6.45) is 4.39. The molecule has 0 spiro atoms. The van der Waals surface area contributed by atoms with Gasteiger partial charge in [-0.1, -0.05) is 25.4 Å². The number of nitrogens with two attached hydrogens (primary N) is 1. The first-order chi connectivity index (χ1) is 8.61. The van der Waals surface area contributed by atoms with Crippen LogP contribution in [0.2, 0.25) is 0 Å². The molecular formula is C12H17N5O. The maximum Gasteiger partial charge on any atom is 0.244 e. The average Bonchev–Trinajstić information content (AvgIpc) is 2.87. The van der Waals surface area contributed by atoms with Crippen molar-refractivity contribution in [3.63, 3.8) is 0 Å². The minimum absolute atomic E-state index is 0.248. The molecule has 18 heavy (non-hydrogen) atoms. The third-order valence-electron chi connectivity index (χ3n) is 2.96. The Morgan fingerprint density at radius 1 is 1.28 bits per heavy atom. The van der Waals surface area contributed by atoms with Gasteiger partial charge in [-0.15, -0.1) is 0 Å². The zero-order valence-electron chi connectivity index (χ0n) is 10.8. The van der Waals surface area contributed by atoms with Crippen molar-refractivity contribution in [1.29, 1.82) is 0 Å². The lowest BCUT2D eigenvalue weighted by Gasteiger charge is -2.12. The van der Waals surface area contributed by atoms with Crippen molar-refractivity contribution in [1.82, 2.24) is 20.1 Å². The van der Waals surface area contributed by atoms with Crippen LogP contribution < -0.4 is 5.73 Å². The molecule has 2 heterocycles. The second-order valence-corrected chi connectivity index (χ2v) is 4.45. The van der Waals surface area contributed by atoms with E-state index >= 15 is 0 Å². The second kappa shape index (κ2) is 5.22. The summed E-state index contributed by atoms with van der Waals surface area (Å²) < 4.78 is 5.17. The topological polar surface area (TPSA) is 90.7 Å². The molecule has 2 aromatic heterocycles. The molecule has 2 atom stereocenters. The van der Waals surface area contributed by atoms with Gasteiger partial charge in [-0.05, 0) is 18.4 Å². The number of aryl methyl sites for hydroxylation is 1. The van der Waals surface area contributed by atoms with E-state index in [-0.39, 0.29) is 12.0 Å². The number of nitrogens with zero attached hydrogens (tertiary/aromatic N) is 4. The van der Waals surface area contributed by atoms with Crippen LogP contribution in [0.1, 0.15) is 37.8 Å². The predicted molar refractivity (Wildman–Crippen MR) is 66.4 cm³/mol. The monoisotopic (exact) mass is 247 g/mol. The van der Waals surface area contributed by atoms with Gasteiger partial charge < -0.3 is 10.3 Å². The van der Waals surface area contributed by atoms with Crippen molar-refractivity contribution in [2.24, 2.45) is 11.7 Å². The highest BCUT2D eigenvalue weighted by Gasteiger charge is 2.21. The fourth-order valence-corrected chi connectivity index (χ4v) is 1.47. The summed E-state index contributed by atoms with van der Waals surface area (Å²) in [5, 5.41) is 3.86. The van der Waals surface area contributed by atoms with Gasteiger partial charge in [0.15, 0.2) is 0 Å². The number of hydrogen-bond acceptors (Lipinski definition) is 6. The van der Waals surface area contributed by atoms with E-state index in [9.17, 15) is 0 Å². The minimum Gasteiger partial charge on any atom is -0.337 e. The summed E-state index contributed by atoms with van der Waals surface area (Å²) in [4.78, 5) is 12.5. The zero-order valence-corrected chi connectivity index (χ0v) is 10.8. The molecule has 2 rings (SSSR count). The Labute approximate surface area is 106 Å². The van der Waals surface area contributed by atoms with Crippen molar-refractivity contribution < 1.29 is 4.52 Å². The van der Waals surface area contributed by atoms with Gasteiger partial charge in [-0.3, -0.25) is 0 Å². The number of rotatable bonds is 4. The first-order valence-corrected chi connectivity index (χ1v) is 6.00. The van der Waals surface area contributed by atoms with Crippen molar-refractivity contribution >= 4 is 0 Å². The predicted octanol–water partition coefficient (Wildman–Crippen LogP) is 1.88. The molecule has 6 heteroatoms. The van der Waals surface area contributed by atoms with Crippen molar-refractivity contribution in [2.75, 3.05) is 0 Å². The molecule has 0 aliphatic rings. The van der Waals surface area contributed by atoms with Crippen LogP contribution >= 0.6 is 0 Å². The Balaban J connectivity index is 2.22. The third kappa shape index (κ3) is 2.53. The quantitative estimate of drug-likeness (QED) is 0.887. The van der Waals surface area contributed by atoms with Gasteiger partial charge >= 0.3 is 0 Å². The number of aromatic nitrogens is 4. The smallest absolute Gasteiger partial charge is 0.244 e. The SMILES string of the molecule is CCC(C)C(N)c1nc(-c2ncc(C)cn2)no1. The Hall–Kier alpha value is -1.82. The Morgan fingerprint density at radius 3 is 2.56 bits per heavy atom. The lowest BCUT2D eigenvalue weighted by atomic mass is 10.0. The summed E-state index contributed by atoms with van der Waals surface area (Å²) in [5.74, 6) is 1.55. The van der Waals surface area contributed by atoms with Gasteiger partial charge in [-0.25, -0.2) is 9.97 Å². The van der Waals surface area contributed by atoms with Gasteiger partial charge in [0, 0.05) is 12.4 Å². The van der Waals surface area contributed by atoms with Gasteiger partial charge in [0.05, 0.1) is 6.04 Å². The van der Waals surface area contributed by atoms with E-state index in [0.29, 0.717) is 17.5 Å². The lowest BCUT2D eigenvalue weighted by molar-refractivity contribution is 0.312. The summed E-state index contributed by atoms with van der Waals surface area (Å²) >= 11 is 0. The van der Waals surface area contributed by atoms with E-state index in [0.717, 1.165) is 12.0 Å². The summed E-state index contributed by atoms with van der Waals surface area (Å²) in [6.45, 7) is 6.05. The molecule has 0 aromatic carbocycles. The molecule has 0 saturated carbocycles. The molecule has 2 aromatic rings. The van der Waals surface area contributed by atoms with E-state index in [4.69, 9.17) is 10.3 Å². The maximum atomic E-state index is 6.03. The molecular weight excluding hydrogens is 230 g/mol. The van der Waals surface area contributed by atoms with Crippen molar-refractivity contribution in [3.8, 4) is 11.6 Å². The maximum absolute atomic E-state index is 6.03. The highest BCUT2D eigenvalue weighted by atomic mass is 16.5. The summed E-state index contributed by atoms with van der Waals surface area (Å²) in [6, 6.07) is -0.248. The third-order valence-corrected chi connectivity index (χ3v) is 2.96. The molecule has 0 radical (unpaired) electrons. The van der Waals surface area contributed by atoms with Crippen LogP contribution in [0.3, 0.4) is 0 Å². The van der Waals surface area contributed by atoms with E-state index in [1.165, 1.54) is 0 Å². The fraction of sp³-hybridized carbons (Fsp3) is 0.500. The Morgan fingerprint density at radius 2 is 1.94 bits per heavy atom. The van der Waals surface area contributed by atoms with Crippen LogP contribution in [0.25, 0.3) is 11.6 Å². The molecule has 0 amide bonds. The fourth-order valence-electron chi connectivity index (χ4n) is 1.47. The van der Waals surface area contributed by atoms with Crippen LogP contribution in [0, 0.1) is 12.8 Å². The molecule has 2 unspecified atom stereocenters. The van der Waals surface area contributed by atoms with Crippen LogP contribution in [-0.4, -0.2) is 20.1 Å². The lowest BCUT2D eigenvalue weighted by Crippen LogP contribution is -2.18. The van der Waals surface area contributed by atoms with Gasteiger partial charge in [0.25, 0.3) is 0 Å². The standard InChI is InChI=1S/C12H17N5O/c1-4-8(3)9(13)12-16-11(17-18-12)10-14-5-7(2)6-15-10/h5-6,8-9H,4,13H2,1-3H3. The number of hydrogen-bond donors (Lipinski definition) is 1. The molecule has 6 nitrogen and oxygen atoms in total. The van der Waals surface area contributed by atoms with E-state index in [2.05, 4.69) is 34.0 Å². The van der Waals surface area contributed by atoms with Crippen LogP contribution in [0.5, 0.6) is 0 Å². The molecule has 96 valence electrons. The van der Waals surface area contributed by atoms with Crippen molar-refractivity contribution in [2.45, 2.75) is 33.2 Å². The first-order valence-electron chi connectivity index (χ1n) is 6.00. The van der Waals surface area contributed by atoms with Gasteiger partial charge in [-0.2, -0.15) is 4.98 Å². The summed E-state index contributed by atoms with van der Waals surface area (Å²) in [7, 11) is 0. The first kappa shape index (κ1) is 12.6. The molecule has 0 fully saturated rings. The largest absolute Gasteiger partial charge is 0.337 e. The molecule has 0 aliphatic heterocycles. The highest BCUT2D eigenvalue weighted by Crippen LogP contribution is 2.21. The van der Waals surface area contributed by atoms with E-state index < -0.39 is 0 Å². The summed E-state index contributed by atoms with van der Waals surface area (Å²) in [5.41, 5.74) is 7.01. The average molecular weight is 247 g/mol. The molecule has 0 aliphatic carbocycles. The normalized spacial score (nSPS) is 14.4. The molecule has 2 N–H and O–H groups in total. The van der Waals surface area contributed by atoms with E-state index in [1.807, 2.05) is 6.92 Å². The van der Waals surface area contributed by atoms with Crippen LogP contribution in [0.4, 0.5) is 0 Å². The Bertz CT molecular complexity index is 507. The minimum atomic E-state index is -0.248. The van der Waals surface area contributed by atoms with E-state index in [1.54, 1.807) is 12.4 Å². The highest BCUT2D eigenvalue weighted by molar-refractivity contribution is 5.41. The zero-order chi connectivity index (χ0) is 13.1. The molecule has 0 bridgehead atoms.